The Morgan fingerprint density at radius 2 is 2.24 bits per heavy atom. The molecule has 5 nitrogen and oxygen atoms in total. The summed E-state index contributed by atoms with van der Waals surface area (Å²) in [4.78, 5) is 17.1. The quantitative estimate of drug-likeness (QED) is 0.719. The highest BCUT2D eigenvalue weighted by Crippen LogP contribution is 2.38. The normalized spacial score (nSPS) is 27.2. The zero-order chi connectivity index (χ0) is 12.0. The van der Waals surface area contributed by atoms with Crippen molar-refractivity contribution >= 4 is 11.9 Å². The van der Waals surface area contributed by atoms with Gasteiger partial charge in [0.1, 0.15) is 5.84 Å². The fourth-order valence-corrected chi connectivity index (χ4v) is 2.53. The predicted molar refractivity (Wildman–Crippen MR) is 62.6 cm³/mol. The molecule has 0 aromatic heterocycles. The van der Waals surface area contributed by atoms with E-state index in [1.54, 1.807) is 11.9 Å². The van der Waals surface area contributed by atoms with E-state index in [0.29, 0.717) is 19.0 Å². The molecule has 1 aromatic rings. The largest absolute Gasteiger partial charge is 0.385 e. The second-order valence-electron chi connectivity index (χ2n) is 4.35. The van der Waals surface area contributed by atoms with Gasteiger partial charge in [0.15, 0.2) is 5.54 Å². The first-order chi connectivity index (χ1) is 8.16. The first-order valence-electron chi connectivity index (χ1n) is 5.45. The van der Waals surface area contributed by atoms with Gasteiger partial charge in [0.2, 0.25) is 0 Å². The topological polar surface area (TPSA) is 67.9 Å². The monoisotopic (exact) mass is 231 g/mol. The molecule has 0 saturated heterocycles. The number of carbonyl (C=O) groups is 1. The van der Waals surface area contributed by atoms with E-state index in [-0.39, 0.29) is 6.03 Å². The van der Waals surface area contributed by atoms with Crippen LogP contribution in [0.4, 0.5) is 4.79 Å². The summed E-state index contributed by atoms with van der Waals surface area (Å²) in [6.07, 6.45) is 0. The summed E-state index contributed by atoms with van der Waals surface area (Å²) in [5, 5.41) is 0. The van der Waals surface area contributed by atoms with Crippen LogP contribution in [0.25, 0.3) is 0 Å². The van der Waals surface area contributed by atoms with E-state index >= 15 is 0 Å². The molecule has 88 valence electrons. The van der Waals surface area contributed by atoms with Crippen molar-refractivity contribution in [2.75, 3.05) is 13.7 Å². The third-order valence-corrected chi connectivity index (χ3v) is 3.53. The zero-order valence-corrected chi connectivity index (χ0v) is 9.51. The van der Waals surface area contributed by atoms with Crippen LogP contribution in [0.1, 0.15) is 11.1 Å². The Morgan fingerprint density at radius 1 is 1.47 bits per heavy atom. The van der Waals surface area contributed by atoms with E-state index in [0.717, 1.165) is 11.1 Å². The molecule has 0 bridgehead atoms. The number of hydrogen-bond acceptors (Lipinski definition) is 3. The number of benzene rings is 1. The lowest BCUT2D eigenvalue weighted by Gasteiger charge is -2.40. The Kier molecular flexibility index (Phi) is 2.00. The fraction of sp³-hybridized carbons (Fsp3) is 0.333. The molecule has 1 aromatic carbocycles. The molecule has 2 amide bonds. The third-order valence-electron chi connectivity index (χ3n) is 3.53. The number of rotatable bonds is 0. The van der Waals surface area contributed by atoms with Crippen LogP contribution in [-0.4, -0.2) is 30.4 Å². The summed E-state index contributed by atoms with van der Waals surface area (Å²) < 4.78 is 5.57. The number of urea groups is 1. The van der Waals surface area contributed by atoms with Crippen molar-refractivity contribution in [2.45, 2.75) is 12.1 Å². The van der Waals surface area contributed by atoms with E-state index in [4.69, 9.17) is 10.5 Å². The average molecular weight is 231 g/mol. The van der Waals surface area contributed by atoms with E-state index in [1.165, 1.54) is 0 Å². The Labute approximate surface area is 98.9 Å². The van der Waals surface area contributed by atoms with Gasteiger partial charge in [-0.25, -0.2) is 4.79 Å². The summed E-state index contributed by atoms with van der Waals surface area (Å²) in [5.41, 5.74) is 7.30. The zero-order valence-electron chi connectivity index (χ0n) is 9.51. The Bertz CT molecular complexity index is 526. The highest BCUT2D eigenvalue weighted by Gasteiger charge is 2.50. The average Bonchev–Trinajstić information content (AvgIpc) is 2.55. The van der Waals surface area contributed by atoms with Gasteiger partial charge in [-0.05, 0) is 11.1 Å². The minimum Gasteiger partial charge on any atom is -0.385 e. The molecular weight excluding hydrogens is 218 g/mol. The minimum absolute atomic E-state index is 0.317. The standard InChI is InChI=1S/C12H13N3O2/c1-15-11(16)14-10(13)12(15)7-17-6-8-4-2-3-5-9(8)12/h2-5H,6-7H2,1H3,(H2,13,14,16). The van der Waals surface area contributed by atoms with Crippen LogP contribution >= 0.6 is 0 Å². The summed E-state index contributed by atoms with van der Waals surface area (Å²) in [6.45, 7) is 0.912. The van der Waals surface area contributed by atoms with Crippen molar-refractivity contribution in [3.63, 3.8) is 0 Å². The Balaban J connectivity index is 2.23. The molecule has 0 radical (unpaired) electrons. The maximum absolute atomic E-state index is 11.7. The van der Waals surface area contributed by atoms with Gasteiger partial charge < -0.3 is 15.4 Å². The van der Waals surface area contributed by atoms with Crippen molar-refractivity contribution in [3.8, 4) is 0 Å². The number of aliphatic imine (C=N–C) groups is 1. The minimum atomic E-state index is -0.716. The number of amidine groups is 1. The van der Waals surface area contributed by atoms with Crippen molar-refractivity contribution in [1.29, 1.82) is 0 Å². The first-order valence-corrected chi connectivity index (χ1v) is 5.45. The number of carbonyl (C=O) groups excluding carboxylic acids is 1. The number of nitrogens with zero attached hydrogens (tertiary/aromatic N) is 2. The van der Waals surface area contributed by atoms with Crippen LogP contribution in [0.2, 0.25) is 0 Å². The lowest BCUT2D eigenvalue weighted by Crippen LogP contribution is -2.55. The summed E-state index contributed by atoms with van der Waals surface area (Å²) in [5.74, 6) is 0.317. The van der Waals surface area contributed by atoms with Crippen LogP contribution in [0.3, 0.4) is 0 Å². The summed E-state index contributed by atoms with van der Waals surface area (Å²) in [7, 11) is 1.71. The summed E-state index contributed by atoms with van der Waals surface area (Å²) >= 11 is 0. The molecule has 2 aliphatic heterocycles. The molecule has 3 rings (SSSR count). The molecule has 1 spiro atoms. The molecule has 2 N–H and O–H groups in total. The van der Waals surface area contributed by atoms with Gasteiger partial charge in [-0.1, -0.05) is 24.3 Å². The van der Waals surface area contributed by atoms with E-state index in [2.05, 4.69) is 4.99 Å². The number of amides is 2. The number of fused-ring (bicyclic) bond motifs is 2. The number of ether oxygens (including phenoxy) is 1. The molecule has 1 unspecified atom stereocenters. The molecule has 5 heteroatoms. The van der Waals surface area contributed by atoms with Gasteiger partial charge in [0, 0.05) is 7.05 Å². The SMILES string of the molecule is CN1C(=O)N=C(N)C12COCc1ccccc12. The van der Waals surface area contributed by atoms with Gasteiger partial charge >= 0.3 is 6.03 Å². The summed E-state index contributed by atoms with van der Waals surface area (Å²) in [6, 6.07) is 7.54. The molecule has 0 fully saturated rings. The van der Waals surface area contributed by atoms with Crippen LogP contribution in [-0.2, 0) is 16.9 Å². The second-order valence-corrected chi connectivity index (χ2v) is 4.35. The van der Waals surface area contributed by atoms with Gasteiger partial charge in [-0.2, -0.15) is 4.99 Å². The van der Waals surface area contributed by atoms with Gasteiger partial charge in [0.05, 0.1) is 13.2 Å². The smallest absolute Gasteiger partial charge is 0.346 e. The van der Waals surface area contributed by atoms with Crippen LogP contribution in [0.5, 0.6) is 0 Å². The van der Waals surface area contributed by atoms with Crippen LogP contribution in [0, 0.1) is 0 Å². The maximum Gasteiger partial charge on any atom is 0.346 e. The Hall–Kier alpha value is -1.88. The molecule has 2 aliphatic rings. The van der Waals surface area contributed by atoms with E-state index in [9.17, 15) is 4.79 Å². The van der Waals surface area contributed by atoms with Crippen molar-refractivity contribution < 1.29 is 9.53 Å². The molecule has 1 atom stereocenters. The predicted octanol–water partition coefficient (Wildman–Crippen LogP) is 0.835. The third kappa shape index (κ3) is 1.17. The number of likely N-dealkylation sites (N-methyl/N-ethyl adjacent to an activating group) is 1. The fourth-order valence-electron chi connectivity index (χ4n) is 2.53. The molecular formula is C12H13N3O2. The van der Waals surface area contributed by atoms with Crippen LogP contribution < -0.4 is 5.73 Å². The lowest BCUT2D eigenvalue weighted by atomic mass is 9.84. The van der Waals surface area contributed by atoms with Crippen molar-refractivity contribution in [1.82, 2.24) is 4.90 Å². The highest BCUT2D eigenvalue weighted by atomic mass is 16.5. The molecule has 17 heavy (non-hydrogen) atoms. The molecule has 0 saturated carbocycles. The molecule has 2 heterocycles. The van der Waals surface area contributed by atoms with E-state index < -0.39 is 5.54 Å². The Morgan fingerprint density at radius 3 is 2.94 bits per heavy atom. The van der Waals surface area contributed by atoms with Crippen molar-refractivity contribution in [2.24, 2.45) is 10.7 Å². The highest BCUT2D eigenvalue weighted by molar-refractivity contribution is 6.06. The lowest BCUT2D eigenvalue weighted by molar-refractivity contribution is 0.0322. The van der Waals surface area contributed by atoms with Gasteiger partial charge in [-0.15, -0.1) is 0 Å². The van der Waals surface area contributed by atoms with Gasteiger partial charge in [-0.3, -0.25) is 0 Å². The second kappa shape index (κ2) is 3.30. The van der Waals surface area contributed by atoms with Crippen LogP contribution in [0.15, 0.2) is 29.3 Å². The number of nitrogens with two attached hydrogens (primary N) is 1. The number of hydrogen-bond donors (Lipinski definition) is 1. The maximum atomic E-state index is 11.7. The van der Waals surface area contributed by atoms with Gasteiger partial charge in [0.25, 0.3) is 0 Å². The first kappa shape index (κ1) is 10.3. The van der Waals surface area contributed by atoms with Crippen molar-refractivity contribution in [3.05, 3.63) is 35.4 Å². The molecule has 0 aliphatic carbocycles. The van der Waals surface area contributed by atoms with E-state index in [1.807, 2.05) is 24.3 Å².